The molecule has 3 heteroatoms. The zero-order chi connectivity index (χ0) is 8.27. The summed E-state index contributed by atoms with van der Waals surface area (Å²) < 4.78 is 2.01. The van der Waals surface area contributed by atoms with Gasteiger partial charge in [0.1, 0.15) is 0 Å². The van der Waals surface area contributed by atoms with Gasteiger partial charge in [-0.05, 0) is 20.9 Å². The molecule has 62 valence electrons. The van der Waals surface area contributed by atoms with E-state index in [-0.39, 0.29) is 0 Å². The van der Waals surface area contributed by atoms with Crippen molar-refractivity contribution in [3.63, 3.8) is 0 Å². The van der Waals surface area contributed by atoms with E-state index in [2.05, 4.69) is 24.3 Å². The van der Waals surface area contributed by atoms with Gasteiger partial charge in [0.2, 0.25) is 0 Å². The molecule has 0 aliphatic carbocycles. The quantitative estimate of drug-likeness (QED) is 0.700. The van der Waals surface area contributed by atoms with Gasteiger partial charge in [0.25, 0.3) is 0 Å². The van der Waals surface area contributed by atoms with E-state index in [1.54, 1.807) is 0 Å². The number of hydrogen-bond acceptors (Lipinski definition) is 2. The summed E-state index contributed by atoms with van der Waals surface area (Å²) in [6.07, 6.45) is 1.93. The molecule has 1 N–H and O–H groups in total. The van der Waals surface area contributed by atoms with Crippen LogP contribution in [0.15, 0.2) is 6.20 Å². The summed E-state index contributed by atoms with van der Waals surface area (Å²) in [5, 5.41) is 7.34. The molecule has 0 aromatic carbocycles. The zero-order valence-electron chi connectivity index (χ0n) is 7.39. The molecule has 1 heterocycles. The smallest absolute Gasteiger partial charge is 0.0537 e. The van der Waals surface area contributed by atoms with Crippen molar-refractivity contribution in [1.29, 1.82) is 0 Å². The highest BCUT2D eigenvalue weighted by Crippen LogP contribution is 2.05. The van der Waals surface area contributed by atoms with Crippen LogP contribution in [0.25, 0.3) is 0 Å². The van der Waals surface area contributed by atoms with Crippen molar-refractivity contribution < 1.29 is 0 Å². The van der Waals surface area contributed by atoms with Crippen LogP contribution in [0, 0.1) is 6.92 Å². The molecule has 0 amide bonds. The van der Waals surface area contributed by atoms with Gasteiger partial charge in [-0.25, -0.2) is 0 Å². The highest BCUT2D eigenvalue weighted by atomic mass is 15.3. The molecule has 0 atom stereocenters. The molecule has 0 bridgehead atoms. The van der Waals surface area contributed by atoms with Crippen LogP contribution < -0.4 is 5.32 Å². The van der Waals surface area contributed by atoms with Crippen molar-refractivity contribution in [2.75, 3.05) is 7.05 Å². The molecule has 1 rings (SSSR count). The van der Waals surface area contributed by atoms with E-state index in [9.17, 15) is 0 Å². The number of hydrogen-bond donors (Lipinski definition) is 1. The van der Waals surface area contributed by atoms with Crippen molar-refractivity contribution >= 4 is 0 Å². The predicted octanol–water partition coefficient (Wildman–Crippen LogP) is 0.931. The SMILES string of the molecule is CCn1ncc(CNC)c1C. The third-order valence-electron chi connectivity index (χ3n) is 1.87. The third kappa shape index (κ3) is 1.60. The molecule has 1 aromatic rings. The van der Waals surface area contributed by atoms with Crippen molar-refractivity contribution in [3.8, 4) is 0 Å². The van der Waals surface area contributed by atoms with E-state index >= 15 is 0 Å². The zero-order valence-corrected chi connectivity index (χ0v) is 7.39. The number of nitrogens with one attached hydrogen (secondary N) is 1. The van der Waals surface area contributed by atoms with Crippen LogP contribution in [-0.2, 0) is 13.1 Å². The first kappa shape index (κ1) is 8.27. The van der Waals surface area contributed by atoms with Gasteiger partial charge in [0.05, 0.1) is 6.20 Å². The summed E-state index contributed by atoms with van der Waals surface area (Å²) in [6.45, 7) is 6.06. The van der Waals surface area contributed by atoms with Crippen LogP contribution in [0.2, 0.25) is 0 Å². The largest absolute Gasteiger partial charge is 0.316 e. The summed E-state index contributed by atoms with van der Waals surface area (Å²) in [5.74, 6) is 0. The van der Waals surface area contributed by atoms with Crippen LogP contribution in [0.4, 0.5) is 0 Å². The van der Waals surface area contributed by atoms with Crippen LogP contribution in [-0.4, -0.2) is 16.8 Å². The van der Waals surface area contributed by atoms with Crippen LogP contribution >= 0.6 is 0 Å². The van der Waals surface area contributed by atoms with E-state index in [4.69, 9.17) is 0 Å². The highest BCUT2D eigenvalue weighted by molar-refractivity contribution is 5.15. The van der Waals surface area contributed by atoms with E-state index in [1.165, 1.54) is 11.3 Å². The maximum absolute atomic E-state index is 4.23. The fraction of sp³-hybridized carbons (Fsp3) is 0.625. The second kappa shape index (κ2) is 3.53. The van der Waals surface area contributed by atoms with Gasteiger partial charge in [-0.15, -0.1) is 0 Å². The Labute approximate surface area is 67.4 Å². The molecule has 1 aromatic heterocycles. The minimum Gasteiger partial charge on any atom is -0.316 e. The number of aromatic nitrogens is 2. The lowest BCUT2D eigenvalue weighted by Crippen LogP contribution is -2.06. The standard InChI is InChI=1S/C8H15N3/c1-4-11-7(2)8(5-9-3)6-10-11/h6,9H,4-5H2,1-3H3. The van der Waals surface area contributed by atoms with Crippen molar-refractivity contribution in [2.24, 2.45) is 0 Å². The minimum atomic E-state index is 0.909. The number of rotatable bonds is 3. The Hall–Kier alpha value is -0.830. The second-order valence-electron chi connectivity index (χ2n) is 2.60. The molecule has 3 nitrogen and oxygen atoms in total. The molecule has 11 heavy (non-hydrogen) atoms. The molecule has 0 unspecified atom stereocenters. The normalized spacial score (nSPS) is 10.5. The molecule has 0 radical (unpaired) electrons. The van der Waals surface area contributed by atoms with Gasteiger partial charge >= 0.3 is 0 Å². The molecule has 0 saturated carbocycles. The third-order valence-corrected chi connectivity index (χ3v) is 1.87. The van der Waals surface area contributed by atoms with Crippen molar-refractivity contribution in [1.82, 2.24) is 15.1 Å². The Morgan fingerprint density at radius 2 is 2.36 bits per heavy atom. The predicted molar refractivity (Wildman–Crippen MR) is 45.4 cm³/mol. The maximum Gasteiger partial charge on any atom is 0.0537 e. The molecular weight excluding hydrogens is 138 g/mol. The average molecular weight is 153 g/mol. The van der Waals surface area contributed by atoms with Gasteiger partial charge < -0.3 is 5.32 Å². The molecule has 0 aliphatic rings. The van der Waals surface area contributed by atoms with Crippen molar-refractivity contribution in [2.45, 2.75) is 26.9 Å². The summed E-state index contributed by atoms with van der Waals surface area (Å²) >= 11 is 0. The highest BCUT2D eigenvalue weighted by Gasteiger charge is 2.02. The van der Waals surface area contributed by atoms with Gasteiger partial charge in [-0.3, -0.25) is 4.68 Å². The van der Waals surface area contributed by atoms with E-state index in [0.717, 1.165) is 13.1 Å². The Kier molecular flexibility index (Phi) is 2.65. The number of nitrogens with zero attached hydrogens (tertiary/aromatic N) is 2. The van der Waals surface area contributed by atoms with Crippen molar-refractivity contribution in [3.05, 3.63) is 17.5 Å². The van der Waals surface area contributed by atoms with E-state index in [1.807, 2.05) is 17.9 Å². The fourth-order valence-corrected chi connectivity index (χ4v) is 1.17. The molecule has 0 saturated heterocycles. The first-order chi connectivity index (χ1) is 5.29. The fourth-order valence-electron chi connectivity index (χ4n) is 1.17. The lowest BCUT2D eigenvalue weighted by atomic mass is 10.2. The topological polar surface area (TPSA) is 29.9 Å². The van der Waals surface area contributed by atoms with Gasteiger partial charge in [-0.2, -0.15) is 5.10 Å². The first-order valence-electron chi connectivity index (χ1n) is 3.95. The summed E-state index contributed by atoms with van der Waals surface area (Å²) in [5.41, 5.74) is 2.55. The number of aryl methyl sites for hydroxylation is 1. The van der Waals surface area contributed by atoms with Crippen LogP contribution in [0.3, 0.4) is 0 Å². The minimum absolute atomic E-state index is 0.909. The monoisotopic (exact) mass is 153 g/mol. The molecular formula is C8H15N3. The summed E-state index contributed by atoms with van der Waals surface area (Å²) in [7, 11) is 1.95. The molecule has 0 aliphatic heterocycles. The average Bonchev–Trinajstić information content (AvgIpc) is 2.34. The van der Waals surface area contributed by atoms with Gasteiger partial charge in [0, 0.05) is 24.3 Å². The Bertz CT molecular complexity index is 227. The van der Waals surface area contributed by atoms with Crippen LogP contribution in [0.1, 0.15) is 18.2 Å². The van der Waals surface area contributed by atoms with E-state index < -0.39 is 0 Å². The van der Waals surface area contributed by atoms with Crippen LogP contribution in [0.5, 0.6) is 0 Å². The Balaban J connectivity index is 2.82. The van der Waals surface area contributed by atoms with E-state index in [0.29, 0.717) is 0 Å². The Morgan fingerprint density at radius 3 is 2.82 bits per heavy atom. The summed E-state index contributed by atoms with van der Waals surface area (Å²) in [4.78, 5) is 0. The lowest BCUT2D eigenvalue weighted by Gasteiger charge is -2.00. The van der Waals surface area contributed by atoms with Gasteiger partial charge in [-0.1, -0.05) is 0 Å². The Morgan fingerprint density at radius 1 is 1.64 bits per heavy atom. The maximum atomic E-state index is 4.23. The summed E-state index contributed by atoms with van der Waals surface area (Å²) in [6, 6.07) is 0. The molecule has 0 spiro atoms. The second-order valence-corrected chi connectivity index (χ2v) is 2.60. The lowest BCUT2D eigenvalue weighted by molar-refractivity contribution is 0.637. The first-order valence-corrected chi connectivity index (χ1v) is 3.95. The molecule has 0 fully saturated rings. The van der Waals surface area contributed by atoms with Gasteiger partial charge in [0.15, 0.2) is 0 Å².